The molecule has 0 heterocycles. The summed E-state index contributed by atoms with van der Waals surface area (Å²) in [5, 5.41) is 3.03. The molecule has 13 heavy (non-hydrogen) atoms. The normalized spacial score (nSPS) is 10.0. The first-order valence-electron chi connectivity index (χ1n) is 4.85. The Morgan fingerprint density at radius 3 is 2.08 bits per heavy atom. The van der Waals surface area contributed by atoms with Crippen LogP contribution in [0.3, 0.4) is 0 Å². The van der Waals surface area contributed by atoms with Crippen LogP contribution in [0.15, 0.2) is 0 Å². The zero-order chi connectivity index (χ0) is 9.94. The van der Waals surface area contributed by atoms with Gasteiger partial charge in [-0.05, 0) is 18.6 Å². The average molecular weight is 237 g/mol. The van der Waals surface area contributed by atoms with Crippen molar-refractivity contribution >= 4 is 41.8 Å². The average Bonchev–Trinajstić information content (AvgIpc) is 2.09. The molecule has 0 aromatic heterocycles. The van der Waals surface area contributed by atoms with E-state index in [9.17, 15) is 0 Å². The van der Waals surface area contributed by atoms with Gasteiger partial charge >= 0.3 is 0 Å². The lowest BCUT2D eigenvalue weighted by atomic mass is 10.1. The molecule has 0 fully saturated rings. The second kappa shape index (κ2) is 10.7. The monoisotopic (exact) mass is 237 g/mol. The zero-order valence-corrected chi connectivity index (χ0v) is 10.6. The van der Waals surface area contributed by atoms with Crippen molar-refractivity contribution in [1.29, 1.82) is 0 Å². The Labute approximate surface area is 97.9 Å². The van der Waals surface area contributed by atoms with Crippen LogP contribution in [0, 0.1) is 0 Å². The van der Waals surface area contributed by atoms with Gasteiger partial charge in [0.2, 0.25) is 0 Å². The van der Waals surface area contributed by atoms with Gasteiger partial charge in [0.1, 0.15) is 4.32 Å². The number of hydrogen-bond donors (Lipinski definition) is 3. The molecule has 0 amide bonds. The molecule has 0 aliphatic rings. The van der Waals surface area contributed by atoms with Crippen molar-refractivity contribution in [2.75, 3.05) is 12.3 Å². The molecular weight excluding hydrogens is 218 g/mol. The van der Waals surface area contributed by atoms with Crippen LogP contribution >= 0.6 is 37.5 Å². The highest BCUT2D eigenvalue weighted by Crippen LogP contribution is 2.05. The molecule has 0 saturated heterocycles. The van der Waals surface area contributed by atoms with E-state index < -0.39 is 0 Å². The molecule has 0 radical (unpaired) electrons. The van der Waals surface area contributed by atoms with Crippen molar-refractivity contribution in [2.24, 2.45) is 0 Å². The van der Waals surface area contributed by atoms with Crippen molar-refractivity contribution < 1.29 is 0 Å². The van der Waals surface area contributed by atoms with Gasteiger partial charge in [-0.2, -0.15) is 12.6 Å². The summed E-state index contributed by atoms with van der Waals surface area (Å²) < 4.78 is 0.607. The Morgan fingerprint density at radius 2 is 1.54 bits per heavy atom. The van der Waals surface area contributed by atoms with Crippen molar-refractivity contribution in [3.63, 3.8) is 0 Å². The predicted octanol–water partition coefficient (Wildman–Crippen LogP) is 3.06. The highest BCUT2D eigenvalue weighted by atomic mass is 32.1. The van der Waals surface area contributed by atoms with E-state index in [0.717, 1.165) is 12.3 Å². The fourth-order valence-electron chi connectivity index (χ4n) is 1.14. The lowest BCUT2D eigenvalue weighted by Gasteiger charge is -2.02. The largest absolute Gasteiger partial charge is 0.371 e. The third kappa shape index (κ3) is 12.6. The molecule has 0 aromatic carbocycles. The van der Waals surface area contributed by atoms with Gasteiger partial charge in [0.15, 0.2) is 0 Å². The molecule has 0 rings (SSSR count). The third-order valence-corrected chi connectivity index (χ3v) is 2.48. The number of unbranched alkanes of at least 4 members (excludes halogenated alkanes) is 5. The minimum absolute atomic E-state index is 0.607. The summed E-state index contributed by atoms with van der Waals surface area (Å²) in [4.78, 5) is 0. The molecular formula is C9H19NS3. The summed E-state index contributed by atoms with van der Waals surface area (Å²) in [5.74, 6) is 1.02. The second-order valence-corrected chi connectivity index (χ2v) is 4.68. The van der Waals surface area contributed by atoms with Gasteiger partial charge < -0.3 is 5.32 Å². The van der Waals surface area contributed by atoms with Crippen LogP contribution in [0.1, 0.15) is 38.5 Å². The number of nitrogens with one attached hydrogen (secondary N) is 1. The molecule has 0 aliphatic carbocycles. The number of hydrogen-bond acceptors (Lipinski definition) is 2. The summed E-state index contributed by atoms with van der Waals surface area (Å²) in [5.41, 5.74) is 0. The minimum atomic E-state index is 0.607. The van der Waals surface area contributed by atoms with Crippen molar-refractivity contribution in [1.82, 2.24) is 5.32 Å². The molecule has 1 nitrogen and oxygen atoms in total. The Bertz CT molecular complexity index is 128. The molecule has 78 valence electrons. The highest BCUT2D eigenvalue weighted by Gasteiger charge is 1.91. The summed E-state index contributed by atoms with van der Waals surface area (Å²) in [7, 11) is 0. The lowest BCUT2D eigenvalue weighted by molar-refractivity contribution is 0.605. The quantitative estimate of drug-likeness (QED) is 0.341. The third-order valence-electron chi connectivity index (χ3n) is 1.86. The van der Waals surface area contributed by atoms with Crippen molar-refractivity contribution in [3.8, 4) is 0 Å². The molecule has 1 N–H and O–H groups in total. The molecule has 0 aromatic rings. The topological polar surface area (TPSA) is 12.0 Å². The molecule has 0 saturated carbocycles. The zero-order valence-electron chi connectivity index (χ0n) is 7.96. The summed E-state index contributed by atoms with van der Waals surface area (Å²) in [6, 6.07) is 0. The van der Waals surface area contributed by atoms with Crippen LogP contribution in [-0.2, 0) is 0 Å². The minimum Gasteiger partial charge on any atom is -0.371 e. The molecule has 4 heteroatoms. The van der Waals surface area contributed by atoms with E-state index in [-0.39, 0.29) is 0 Å². The maximum atomic E-state index is 4.78. The van der Waals surface area contributed by atoms with Crippen molar-refractivity contribution in [3.05, 3.63) is 0 Å². The highest BCUT2D eigenvalue weighted by molar-refractivity contribution is 8.11. The first kappa shape index (κ1) is 13.6. The van der Waals surface area contributed by atoms with E-state index in [1.54, 1.807) is 0 Å². The van der Waals surface area contributed by atoms with Gasteiger partial charge in [0.25, 0.3) is 0 Å². The number of thiol groups is 2. The Hall–Kier alpha value is 0.590. The summed E-state index contributed by atoms with van der Waals surface area (Å²) in [6.07, 6.45) is 7.72. The number of thiocarbonyl (C=S) groups is 1. The van der Waals surface area contributed by atoms with Crippen LogP contribution in [-0.4, -0.2) is 16.6 Å². The van der Waals surface area contributed by atoms with Gasteiger partial charge in [-0.15, -0.1) is 12.6 Å². The lowest BCUT2D eigenvalue weighted by Crippen LogP contribution is -2.17. The van der Waals surface area contributed by atoms with Gasteiger partial charge in [0, 0.05) is 6.54 Å². The van der Waals surface area contributed by atoms with Crippen LogP contribution in [0.2, 0.25) is 0 Å². The SMILES string of the molecule is S=C(S)NCCCCCCCCS. The molecule has 0 bridgehead atoms. The van der Waals surface area contributed by atoms with Crippen LogP contribution in [0.4, 0.5) is 0 Å². The first-order chi connectivity index (χ1) is 6.27. The predicted molar refractivity (Wildman–Crippen MR) is 71.1 cm³/mol. The van der Waals surface area contributed by atoms with Gasteiger partial charge in [-0.1, -0.05) is 37.9 Å². The number of rotatable bonds is 8. The van der Waals surface area contributed by atoms with Crippen LogP contribution < -0.4 is 5.32 Å². The van der Waals surface area contributed by atoms with E-state index in [2.05, 4.69) is 30.6 Å². The van der Waals surface area contributed by atoms with E-state index in [1.807, 2.05) is 0 Å². The van der Waals surface area contributed by atoms with E-state index >= 15 is 0 Å². The Kier molecular flexibility index (Phi) is 11.2. The molecule has 0 atom stereocenters. The van der Waals surface area contributed by atoms with Crippen molar-refractivity contribution in [2.45, 2.75) is 38.5 Å². The maximum absolute atomic E-state index is 4.78. The summed E-state index contributed by atoms with van der Waals surface area (Å²) in [6.45, 7) is 0.967. The van der Waals surface area contributed by atoms with Crippen LogP contribution in [0.5, 0.6) is 0 Å². The molecule has 0 aliphatic heterocycles. The van der Waals surface area contributed by atoms with Gasteiger partial charge in [-0.25, -0.2) is 0 Å². The second-order valence-electron chi connectivity index (χ2n) is 3.08. The first-order valence-corrected chi connectivity index (χ1v) is 6.34. The Morgan fingerprint density at radius 1 is 1.00 bits per heavy atom. The molecule has 0 spiro atoms. The van der Waals surface area contributed by atoms with Crippen LogP contribution in [0.25, 0.3) is 0 Å². The van der Waals surface area contributed by atoms with Gasteiger partial charge in [-0.3, -0.25) is 0 Å². The maximum Gasteiger partial charge on any atom is 0.130 e. The standard InChI is InChI=1S/C9H19NS3/c11-8-6-4-2-1-3-5-7-10-9(12)13/h11H,1-8H2,(H2,10,12,13). The Balaban J connectivity index is 2.87. The summed E-state index contributed by atoms with van der Waals surface area (Å²) >= 11 is 12.9. The smallest absolute Gasteiger partial charge is 0.130 e. The van der Waals surface area contributed by atoms with E-state index in [0.29, 0.717) is 4.32 Å². The fourth-order valence-corrected chi connectivity index (χ4v) is 1.58. The van der Waals surface area contributed by atoms with Gasteiger partial charge in [0.05, 0.1) is 0 Å². The van der Waals surface area contributed by atoms with E-state index in [1.165, 1.54) is 38.5 Å². The fraction of sp³-hybridized carbons (Fsp3) is 0.889. The molecule has 0 unspecified atom stereocenters. The van der Waals surface area contributed by atoms with E-state index in [4.69, 9.17) is 12.2 Å².